The van der Waals surface area contributed by atoms with E-state index in [0.717, 1.165) is 45.5 Å². The van der Waals surface area contributed by atoms with Crippen molar-refractivity contribution in [3.8, 4) is 17.6 Å². The van der Waals surface area contributed by atoms with Crippen LogP contribution in [0.3, 0.4) is 0 Å². The first kappa shape index (κ1) is 31.3. The topological polar surface area (TPSA) is 105 Å². The lowest BCUT2D eigenvalue weighted by molar-refractivity contribution is 0.107. The molecule has 9 heteroatoms. The summed E-state index contributed by atoms with van der Waals surface area (Å²) in [6.07, 6.45) is 4.68. The lowest BCUT2D eigenvalue weighted by Crippen LogP contribution is -2.23. The zero-order chi connectivity index (χ0) is 31.6. The fraction of sp³-hybridized carbons (Fsp3) is 0.167. The van der Waals surface area contributed by atoms with Crippen LogP contribution < -0.4 is 14.4 Å². The maximum absolute atomic E-state index is 12.0. The number of benzene rings is 4. The number of anilines is 2. The van der Waals surface area contributed by atoms with E-state index < -0.39 is 10.0 Å². The van der Waals surface area contributed by atoms with E-state index in [-0.39, 0.29) is 0 Å². The van der Waals surface area contributed by atoms with Gasteiger partial charge < -0.3 is 14.4 Å². The molecule has 1 N–H and O–H groups in total. The van der Waals surface area contributed by atoms with Crippen LogP contribution in [0.15, 0.2) is 116 Å². The number of nitriles is 1. The highest BCUT2D eigenvalue weighted by atomic mass is 32.2. The zero-order valence-corrected chi connectivity index (χ0v) is 26.0. The van der Waals surface area contributed by atoms with E-state index in [1.165, 1.54) is 0 Å². The van der Waals surface area contributed by atoms with E-state index in [1.54, 1.807) is 30.6 Å². The van der Waals surface area contributed by atoms with Gasteiger partial charge in [-0.2, -0.15) is 5.26 Å². The Hall–Kier alpha value is -5.17. The first-order valence-electron chi connectivity index (χ1n) is 14.4. The van der Waals surface area contributed by atoms with Gasteiger partial charge in [0.25, 0.3) is 0 Å². The van der Waals surface area contributed by atoms with Crippen LogP contribution in [-0.2, 0) is 41.1 Å². The van der Waals surface area contributed by atoms with Gasteiger partial charge in [0.05, 0.1) is 36.8 Å². The highest BCUT2D eigenvalue weighted by Crippen LogP contribution is 2.31. The van der Waals surface area contributed by atoms with Crippen molar-refractivity contribution in [3.05, 3.63) is 149 Å². The number of ether oxygens (including phenoxy) is 2. The number of hydrogen-bond donors (Lipinski definition) is 1. The average molecular weight is 619 g/mol. The number of hydrogen-bond acceptors (Lipinski definition) is 7. The molecule has 0 saturated carbocycles. The summed E-state index contributed by atoms with van der Waals surface area (Å²) in [5.74, 6) is 1.43. The molecule has 0 radical (unpaired) electrons. The molecule has 0 fully saturated rings. The first-order valence-corrected chi connectivity index (χ1v) is 16.3. The molecule has 0 atom stereocenters. The van der Waals surface area contributed by atoms with Gasteiger partial charge in [0.15, 0.2) is 0 Å². The fourth-order valence-electron chi connectivity index (χ4n) is 4.90. The van der Waals surface area contributed by atoms with Crippen LogP contribution in [0.5, 0.6) is 11.5 Å². The molecule has 0 aliphatic carbocycles. The van der Waals surface area contributed by atoms with Crippen molar-refractivity contribution in [2.45, 2.75) is 33.2 Å². The molecular weight excluding hydrogens is 584 g/mol. The van der Waals surface area contributed by atoms with E-state index in [2.05, 4.69) is 20.7 Å². The molecular formula is C36H34N4O4S. The highest BCUT2D eigenvalue weighted by molar-refractivity contribution is 7.92. The molecule has 45 heavy (non-hydrogen) atoms. The van der Waals surface area contributed by atoms with Gasteiger partial charge in [-0.1, -0.05) is 48.5 Å². The third-order valence-corrected chi connectivity index (χ3v) is 7.68. The van der Waals surface area contributed by atoms with Crippen molar-refractivity contribution in [1.29, 1.82) is 5.26 Å². The molecule has 1 aromatic heterocycles. The maximum atomic E-state index is 12.0. The Kier molecular flexibility index (Phi) is 10.1. The monoisotopic (exact) mass is 618 g/mol. The Morgan fingerprint density at radius 2 is 1.47 bits per heavy atom. The minimum Gasteiger partial charge on any atom is -0.457 e. The predicted octanol–water partition coefficient (Wildman–Crippen LogP) is 7.35. The minimum absolute atomic E-state index is 0.459. The van der Waals surface area contributed by atoms with Gasteiger partial charge in [-0.05, 0) is 89.3 Å². The molecule has 0 saturated heterocycles. The van der Waals surface area contributed by atoms with Crippen molar-refractivity contribution in [2.75, 3.05) is 15.9 Å². The van der Waals surface area contributed by atoms with Crippen molar-refractivity contribution < 1.29 is 17.9 Å². The number of nitrogens with one attached hydrogen (secondary N) is 1. The van der Waals surface area contributed by atoms with Crippen molar-refractivity contribution >= 4 is 21.4 Å². The number of nitrogens with zero attached hydrogens (tertiary/aromatic N) is 3. The van der Waals surface area contributed by atoms with Crippen molar-refractivity contribution in [2.24, 2.45) is 0 Å². The number of rotatable bonds is 13. The van der Waals surface area contributed by atoms with Crippen molar-refractivity contribution in [3.63, 3.8) is 0 Å². The van der Waals surface area contributed by atoms with Crippen LogP contribution in [0.25, 0.3) is 0 Å². The Morgan fingerprint density at radius 3 is 2.13 bits per heavy atom. The maximum Gasteiger partial charge on any atom is 0.229 e. The summed E-state index contributed by atoms with van der Waals surface area (Å²) in [5.41, 5.74) is 6.96. The Balaban J connectivity index is 1.30. The molecule has 5 aromatic rings. The summed E-state index contributed by atoms with van der Waals surface area (Å²) in [4.78, 5) is 6.31. The number of sulfonamides is 1. The molecule has 4 aromatic carbocycles. The normalized spacial score (nSPS) is 11.0. The van der Waals surface area contributed by atoms with E-state index in [4.69, 9.17) is 9.47 Å². The van der Waals surface area contributed by atoms with Crippen molar-refractivity contribution in [1.82, 2.24) is 4.98 Å². The highest BCUT2D eigenvalue weighted by Gasteiger charge is 2.15. The molecule has 0 spiro atoms. The molecule has 8 nitrogen and oxygen atoms in total. The summed E-state index contributed by atoms with van der Waals surface area (Å²) in [6, 6.07) is 34.9. The second-order valence-corrected chi connectivity index (χ2v) is 12.5. The fourth-order valence-corrected chi connectivity index (χ4v) is 5.52. The third-order valence-electron chi connectivity index (χ3n) is 7.09. The minimum atomic E-state index is -3.44. The van der Waals surface area contributed by atoms with Gasteiger partial charge in [0.2, 0.25) is 10.0 Å². The van der Waals surface area contributed by atoms with E-state index >= 15 is 0 Å². The van der Waals surface area contributed by atoms with Gasteiger partial charge in [0.1, 0.15) is 11.5 Å². The second-order valence-electron chi connectivity index (χ2n) is 10.7. The van der Waals surface area contributed by atoms with Gasteiger partial charge in [-0.15, -0.1) is 0 Å². The lowest BCUT2D eigenvalue weighted by Gasteiger charge is -2.28. The summed E-state index contributed by atoms with van der Waals surface area (Å²) in [5, 5.41) is 9.21. The van der Waals surface area contributed by atoms with Crippen LogP contribution in [0.4, 0.5) is 11.4 Å². The summed E-state index contributed by atoms with van der Waals surface area (Å²) in [7, 11) is -3.44. The Morgan fingerprint density at radius 1 is 0.800 bits per heavy atom. The van der Waals surface area contributed by atoms with Crippen LogP contribution in [-0.4, -0.2) is 19.7 Å². The second kappa shape index (κ2) is 14.5. The smallest absolute Gasteiger partial charge is 0.229 e. The first-order chi connectivity index (χ1) is 21.8. The Labute approximate surface area is 264 Å². The average Bonchev–Trinajstić information content (AvgIpc) is 3.03. The van der Waals surface area contributed by atoms with Gasteiger partial charge >= 0.3 is 0 Å². The van der Waals surface area contributed by atoms with Gasteiger partial charge in [-0.3, -0.25) is 9.71 Å². The largest absolute Gasteiger partial charge is 0.457 e. The van der Waals surface area contributed by atoms with Crippen LogP contribution in [0.1, 0.15) is 33.4 Å². The summed E-state index contributed by atoms with van der Waals surface area (Å²) < 4.78 is 38.6. The van der Waals surface area contributed by atoms with Gasteiger partial charge in [0, 0.05) is 31.2 Å². The summed E-state index contributed by atoms with van der Waals surface area (Å²) >= 11 is 0. The number of aromatic nitrogens is 1. The molecule has 5 rings (SSSR count). The molecule has 0 amide bonds. The van der Waals surface area contributed by atoms with Gasteiger partial charge in [-0.25, -0.2) is 8.42 Å². The SMILES string of the molecule is Cc1c(NS(C)(=O)=O)cccc1N(Cc1ccc(C#N)cc1)Cc1ccc(Oc2cccc(COCc3cccnc3)c2)cc1. The van der Waals surface area contributed by atoms with E-state index in [1.807, 2.05) is 91.9 Å². The zero-order valence-electron chi connectivity index (χ0n) is 25.2. The predicted molar refractivity (Wildman–Crippen MR) is 176 cm³/mol. The lowest BCUT2D eigenvalue weighted by atomic mass is 10.1. The molecule has 0 aliphatic heterocycles. The molecule has 0 unspecified atom stereocenters. The van der Waals surface area contributed by atoms with Crippen LogP contribution in [0.2, 0.25) is 0 Å². The molecule has 228 valence electrons. The number of pyridine rings is 1. The third kappa shape index (κ3) is 9.16. The molecule has 0 aliphatic rings. The van der Waals surface area contributed by atoms with E-state index in [9.17, 15) is 13.7 Å². The van der Waals surface area contributed by atoms with Crippen LogP contribution in [0, 0.1) is 18.3 Å². The van der Waals surface area contributed by atoms with E-state index in [0.29, 0.717) is 43.3 Å². The standard InChI is InChI=1S/C36H34N4O4S/c1-27-35(39-45(2,41)42)9-4-10-36(27)40(23-29-13-11-28(21-37)12-14-29)24-30-15-17-33(18-16-30)44-34-8-3-6-31(20-34)25-43-26-32-7-5-19-38-22-32/h3-20,22,39H,23-26H2,1-2H3. The molecule has 1 heterocycles. The summed E-state index contributed by atoms with van der Waals surface area (Å²) in [6.45, 7) is 3.97. The Bertz CT molecular complexity index is 1870. The van der Waals surface area contributed by atoms with Crippen LogP contribution >= 0.6 is 0 Å². The quantitative estimate of drug-likeness (QED) is 0.147. The molecule has 0 bridgehead atoms.